The molecule has 1 amide bonds. The van der Waals surface area contributed by atoms with Crippen molar-refractivity contribution >= 4 is 23.1 Å². The van der Waals surface area contributed by atoms with Gasteiger partial charge in [-0.05, 0) is 27.3 Å². The van der Waals surface area contributed by atoms with Crippen LogP contribution >= 0.6 is 11.3 Å². The summed E-state index contributed by atoms with van der Waals surface area (Å²) in [5.41, 5.74) is 6.52. The SMILES string of the molecule is Nc1nonc1C(=O)NC(c1ccccc1)c1cccs1. The first-order valence-electron chi connectivity index (χ1n) is 6.23. The summed E-state index contributed by atoms with van der Waals surface area (Å²) in [4.78, 5) is 13.3. The van der Waals surface area contributed by atoms with E-state index in [9.17, 15) is 4.79 Å². The van der Waals surface area contributed by atoms with Gasteiger partial charge in [0.15, 0.2) is 0 Å². The lowest BCUT2D eigenvalue weighted by Crippen LogP contribution is -2.29. The van der Waals surface area contributed by atoms with E-state index in [-0.39, 0.29) is 17.6 Å². The molecule has 21 heavy (non-hydrogen) atoms. The minimum atomic E-state index is -0.420. The van der Waals surface area contributed by atoms with Crippen LogP contribution in [0.2, 0.25) is 0 Å². The molecule has 0 aliphatic rings. The molecule has 2 aromatic heterocycles. The van der Waals surface area contributed by atoms with E-state index in [1.807, 2.05) is 47.8 Å². The highest BCUT2D eigenvalue weighted by Crippen LogP contribution is 2.26. The van der Waals surface area contributed by atoms with Crippen molar-refractivity contribution in [2.45, 2.75) is 6.04 Å². The van der Waals surface area contributed by atoms with Crippen LogP contribution in [0.25, 0.3) is 0 Å². The summed E-state index contributed by atoms with van der Waals surface area (Å²) in [5, 5.41) is 11.8. The van der Waals surface area contributed by atoms with Crippen LogP contribution in [0.1, 0.15) is 27.0 Å². The zero-order chi connectivity index (χ0) is 14.7. The molecule has 0 aliphatic heterocycles. The molecule has 7 heteroatoms. The van der Waals surface area contributed by atoms with Crippen LogP contribution in [0.15, 0.2) is 52.5 Å². The van der Waals surface area contributed by atoms with Gasteiger partial charge in [0, 0.05) is 4.88 Å². The first-order chi connectivity index (χ1) is 10.3. The maximum absolute atomic E-state index is 12.3. The number of hydrogen-bond acceptors (Lipinski definition) is 6. The van der Waals surface area contributed by atoms with Crippen molar-refractivity contribution in [3.05, 3.63) is 64.0 Å². The van der Waals surface area contributed by atoms with Crippen molar-refractivity contribution < 1.29 is 9.42 Å². The Morgan fingerprint density at radius 1 is 1.19 bits per heavy atom. The van der Waals surface area contributed by atoms with Gasteiger partial charge in [0.05, 0.1) is 6.04 Å². The first kappa shape index (κ1) is 13.3. The van der Waals surface area contributed by atoms with Crippen molar-refractivity contribution in [1.29, 1.82) is 0 Å². The number of carbonyl (C=O) groups excluding carboxylic acids is 1. The summed E-state index contributed by atoms with van der Waals surface area (Å²) in [6.07, 6.45) is 0. The molecular weight excluding hydrogens is 288 g/mol. The molecule has 0 aliphatic carbocycles. The largest absolute Gasteiger partial charge is 0.379 e. The number of amides is 1. The van der Waals surface area contributed by atoms with Crippen molar-refractivity contribution in [2.24, 2.45) is 0 Å². The Bertz CT molecular complexity index is 725. The van der Waals surface area contributed by atoms with E-state index in [2.05, 4.69) is 20.3 Å². The maximum Gasteiger partial charge on any atom is 0.278 e. The maximum atomic E-state index is 12.3. The van der Waals surface area contributed by atoms with Crippen LogP contribution in [-0.4, -0.2) is 16.2 Å². The number of nitrogen functional groups attached to an aromatic ring is 1. The Morgan fingerprint density at radius 3 is 2.62 bits per heavy atom. The van der Waals surface area contributed by atoms with Gasteiger partial charge in [-0.15, -0.1) is 11.3 Å². The van der Waals surface area contributed by atoms with Crippen molar-refractivity contribution in [1.82, 2.24) is 15.6 Å². The van der Waals surface area contributed by atoms with Gasteiger partial charge in [0.25, 0.3) is 5.91 Å². The third kappa shape index (κ3) is 2.77. The quantitative estimate of drug-likeness (QED) is 0.770. The molecule has 3 aromatic rings. The van der Waals surface area contributed by atoms with Gasteiger partial charge < -0.3 is 11.1 Å². The molecule has 3 rings (SSSR count). The average Bonchev–Trinajstić information content (AvgIpc) is 3.17. The standard InChI is InChI=1S/C14H12N4O2S/c15-13-12(17-20-18-13)14(19)16-11(10-7-4-8-21-10)9-5-2-1-3-6-9/h1-8,11H,(H2,15,18)(H,16,19). The number of benzene rings is 1. The monoisotopic (exact) mass is 300 g/mol. The summed E-state index contributed by atoms with van der Waals surface area (Å²) in [6, 6.07) is 13.3. The predicted octanol–water partition coefficient (Wildman–Crippen LogP) is 2.23. The number of hydrogen-bond donors (Lipinski definition) is 2. The van der Waals surface area contributed by atoms with Crippen molar-refractivity contribution in [2.75, 3.05) is 5.73 Å². The van der Waals surface area contributed by atoms with E-state index in [0.717, 1.165) is 10.4 Å². The smallest absolute Gasteiger partial charge is 0.278 e. The first-order valence-corrected chi connectivity index (χ1v) is 7.11. The Kier molecular flexibility index (Phi) is 3.65. The average molecular weight is 300 g/mol. The van der Waals surface area contributed by atoms with Crippen LogP contribution in [0.5, 0.6) is 0 Å². The number of thiophene rings is 1. The minimum Gasteiger partial charge on any atom is -0.379 e. The molecule has 1 atom stereocenters. The summed E-state index contributed by atoms with van der Waals surface area (Å²) in [7, 11) is 0. The fraction of sp³-hybridized carbons (Fsp3) is 0.0714. The topological polar surface area (TPSA) is 94.0 Å². The van der Waals surface area contributed by atoms with Crippen molar-refractivity contribution in [3.63, 3.8) is 0 Å². The molecule has 0 fully saturated rings. The molecule has 6 nitrogen and oxygen atoms in total. The molecule has 106 valence electrons. The fourth-order valence-corrected chi connectivity index (χ4v) is 2.77. The van der Waals surface area contributed by atoms with E-state index in [0.29, 0.717) is 0 Å². The van der Waals surface area contributed by atoms with Gasteiger partial charge in [0.2, 0.25) is 11.5 Å². The van der Waals surface area contributed by atoms with E-state index in [1.54, 1.807) is 11.3 Å². The molecular formula is C14H12N4O2S. The van der Waals surface area contributed by atoms with Gasteiger partial charge in [-0.1, -0.05) is 36.4 Å². The second-order valence-corrected chi connectivity index (χ2v) is 5.31. The number of nitrogens with zero attached hydrogens (tertiary/aromatic N) is 2. The summed E-state index contributed by atoms with van der Waals surface area (Å²) in [6.45, 7) is 0. The number of carbonyl (C=O) groups is 1. The Morgan fingerprint density at radius 2 is 2.00 bits per heavy atom. The van der Waals surface area contributed by atoms with E-state index in [4.69, 9.17) is 5.73 Å². The van der Waals surface area contributed by atoms with Crippen LogP contribution in [0.3, 0.4) is 0 Å². The molecule has 0 spiro atoms. The fourth-order valence-electron chi connectivity index (χ4n) is 1.97. The highest BCUT2D eigenvalue weighted by molar-refractivity contribution is 7.10. The normalized spacial score (nSPS) is 12.0. The molecule has 1 unspecified atom stereocenters. The molecule has 0 radical (unpaired) electrons. The van der Waals surface area contributed by atoms with Crippen molar-refractivity contribution in [3.8, 4) is 0 Å². The lowest BCUT2D eigenvalue weighted by Gasteiger charge is -2.17. The zero-order valence-corrected chi connectivity index (χ0v) is 11.7. The molecule has 1 aromatic carbocycles. The summed E-state index contributed by atoms with van der Waals surface area (Å²) in [5.74, 6) is -0.443. The van der Waals surface area contributed by atoms with Crippen LogP contribution in [-0.2, 0) is 0 Å². The van der Waals surface area contributed by atoms with Crippen LogP contribution in [0, 0.1) is 0 Å². The van der Waals surface area contributed by atoms with Gasteiger partial charge >= 0.3 is 0 Å². The van der Waals surface area contributed by atoms with Gasteiger partial charge in [0.1, 0.15) is 0 Å². The Balaban J connectivity index is 1.91. The number of anilines is 1. The zero-order valence-electron chi connectivity index (χ0n) is 10.9. The second-order valence-electron chi connectivity index (χ2n) is 4.33. The van der Waals surface area contributed by atoms with Gasteiger partial charge in [-0.2, -0.15) is 0 Å². The molecule has 0 saturated carbocycles. The van der Waals surface area contributed by atoms with E-state index >= 15 is 0 Å². The molecule has 0 saturated heterocycles. The molecule has 0 bridgehead atoms. The predicted molar refractivity (Wildman–Crippen MR) is 78.8 cm³/mol. The highest BCUT2D eigenvalue weighted by atomic mass is 32.1. The second kappa shape index (κ2) is 5.76. The third-order valence-electron chi connectivity index (χ3n) is 2.97. The highest BCUT2D eigenvalue weighted by Gasteiger charge is 2.22. The minimum absolute atomic E-state index is 0.00696. The van der Waals surface area contributed by atoms with Crippen LogP contribution < -0.4 is 11.1 Å². The lowest BCUT2D eigenvalue weighted by molar-refractivity contribution is 0.0934. The number of rotatable bonds is 4. The summed E-state index contributed by atoms with van der Waals surface area (Å²) < 4.78 is 4.46. The Hall–Kier alpha value is -2.67. The summed E-state index contributed by atoms with van der Waals surface area (Å²) >= 11 is 1.56. The van der Waals surface area contributed by atoms with Gasteiger partial charge in [-0.25, -0.2) is 4.63 Å². The van der Waals surface area contributed by atoms with E-state index < -0.39 is 5.91 Å². The molecule has 3 N–H and O–H groups in total. The Labute approximate surface area is 124 Å². The third-order valence-corrected chi connectivity index (χ3v) is 3.90. The lowest BCUT2D eigenvalue weighted by atomic mass is 10.1. The number of aromatic nitrogens is 2. The number of nitrogens with two attached hydrogens (primary N) is 1. The molecule has 2 heterocycles. The van der Waals surface area contributed by atoms with E-state index in [1.165, 1.54) is 0 Å². The van der Waals surface area contributed by atoms with Crippen LogP contribution in [0.4, 0.5) is 5.82 Å². The van der Waals surface area contributed by atoms with Gasteiger partial charge in [-0.3, -0.25) is 4.79 Å². The number of nitrogens with one attached hydrogen (secondary N) is 1.